The van der Waals surface area contributed by atoms with Crippen molar-refractivity contribution in [2.75, 3.05) is 32.1 Å². The third kappa shape index (κ3) is 14.0. The van der Waals surface area contributed by atoms with Crippen LogP contribution < -0.4 is 37.6 Å². The van der Waals surface area contributed by atoms with E-state index in [-0.39, 0.29) is 63.7 Å². The number of urea groups is 1. The van der Waals surface area contributed by atoms with E-state index in [1.54, 1.807) is 39.1 Å². The molecular formula is C43H55ClN8O10. The molecule has 0 aliphatic heterocycles. The minimum Gasteiger partial charge on any atom is -0.465 e. The number of halogens is 1. The molecule has 8 amide bonds. The number of ether oxygens (including phenoxy) is 1. The van der Waals surface area contributed by atoms with Gasteiger partial charge < -0.3 is 57.5 Å². The van der Waals surface area contributed by atoms with Gasteiger partial charge in [0.1, 0.15) is 24.7 Å². The highest BCUT2D eigenvalue weighted by molar-refractivity contribution is 6.17. The summed E-state index contributed by atoms with van der Waals surface area (Å²) in [5.41, 5.74) is 11.3. The second-order valence-corrected chi connectivity index (χ2v) is 15.5. The number of nitrogens with one attached hydrogen (secondary N) is 6. The maximum absolute atomic E-state index is 13.9. The van der Waals surface area contributed by atoms with E-state index in [4.69, 9.17) is 27.2 Å². The third-order valence-corrected chi connectivity index (χ3v) is 10.6. The molecule has 0 bridgehead atoms. The maximum Gasteiger partial charge on any atom is 0.409 e. The van der Waals surface area contributed by atoms with E-state index in [0.29, 0.717) is 23.2 Å². The van der Waals surface area contributed by atoms with Crippen molar-refractivity contribution >= 4 is 59.3 Å². The third-order valence-electron chi connectivity index (χ3n) is 10.3. The van der Waals surface area contributed by atoms with Crippen molar-refractivity contribution < 1.29 is 48.5 Å². The van der Waals surface area contributed by atoms with E-state index in [2.05, 4.69) is 44.0 Å². The van der Waals surface area contributed by atoms with Gasteiger partial charge in [-0.1, -0.05) is 68.4 Å². The van der Waals surface area contributed by atoms with Gasteiger partial charge in [0, 0.05) is 44.2 Å². The number of primary amides is 1. The second-order valence-electron chi connectivity index (χ2n) is 15.2. The summed E-state index contributed by atoms with van der Waals surface area (Å²) in [6.45, 7) is 3.74. The first kappa shape index (κ1) is 48.1. The standard InChI is InChI=1S/C43H55ClN8O10/c1-25(2)36(51-38(54)35(50-42(59)60)15-8-9-19-47-41(57)58)39(55)49-34(16-10-20-46-40(45)56)37(53)48-28-18-17-26(22-44)27(21-28)23-52(3)43(61)62-24-33-31-13-6-4-11-29(31)30-12-5-7-14-32(30)33/h4-7,11-14,17-18,21,25,33-36,47,50H,8-10,15-16,19-20,22-24H2,1-3H3,(H,48,53)(H,49,55)(H,51,54)(H,57,58)(H,59,60)(H3,45,46,56)/t34-,35-,36-/m0/s1. The Morgan fingerprint density at radius 2 is 1.35 bits per heavy atom. The van der Waals surface area contributed by atoms with Gasteiger partial charge in [-0.2, -0.15) is 0 Å². The van der Waals surface area contributed by atoms with Crippen LogP contribution in [0.1, 0.15) is 74.1 Å². The minimum absolute atomic E-state index is 0.0236. The SMILES string of the molecule is CC(C)[C@H](NC(=O)[C@H](CCCCNC(=O)O)NC(=O)O)C(=O)N[C@@H](CCCNC(N)=O)C(=O)Nc1ccc(CCl)c(CN(C)C(=O)OCC2c3ccccc3-c3ccccc32)c1. The van der Waals surface area contributed by atoms with Crippen LogP contribution in [0.25, 0.3) is 11.1 Å². The van der Waals surface area contributed by atoms with Crippen LogP contribution in [0.5, 0.6) is 0 Å². The summed E-state index contributed by atoms with van der Waals surface area (Å²) in [5.74, 6) is -2.65. The van der Waals surface area contributed by atoms with Crippen molar-refractivity contribution in [3.63, 3.8) is 0 Å². The first-order valence-corrected chi connectivity index (χ1v) is 20.8. The van der Waals surface area contributed by atoms with E-state index >= 15 is 0 Å². The lowest BCUT2D eigenvalue weighted by Gasteiger charge is -2.27. The van der Waals surface area contributed by atoms with Crippen LogP contribution in [0.2, 0.25) is 0 Å². The Morgan fingerprint density at radius 3 is 1.95 bits per heavy atom. The number of nitrogens with two attached hydrogens (primary N) is 1. The number of rotatable bonds is 22. The number of amides is 8. The molecule has 0 spiro atoms. The zero-order valence-electron chi connectivity index (χ0n) is 34.9. The van der Waals surface area contributed by atoms with Gasteiger partial charge in [0.25, 0.3) is 0 Å². The Morgan fingerprint density at radius 1 is 0.742 bits per heavy atom. The number of hydrogen-bond donors (Lipinski definition) is 9. The van der Waals surface area contributed by atoms with Gasteiger partial charge >= 0.3 is 24.3 Å². The molecular weight excluding hydrogens is 824 g/mol. The van der Waals surface area contributed by atoms with Gasteiger partial charge in [0.15, 0.2) is 0 Å². The number of carbonyl (C=O) groups is 7. The number of carbonyl (C=O) groups excluding carboxylic acids is 5. The van der Waals surface area contributed by atoms with Gasteiger partial charge in [-0.25, -0.2) is 19.2 Å². The molecule has 19 heteroatoms. The van der Waals surface area contributed by atoms with Crippen LogP contribution in [0.4, 0.5) is 24.9 Å². The number of unbranched alkanes of at least 4 members (excludes halogenated alkanes) is 1. The second kappa shape index (κ2) is 23.4. The Labute approximate surface area is 364 Å². The van der Waals surface area contributed by atoms with Crippen LogP contribution in [-0.4, -0.2) is 102 Å². The fraction of sp³-hybridized carbons (Fsp3) is 0.419. The predicted octanol–water partition coefficient (Wildman–Crippen LogP) is 4.89. The fourth-order valence-corrected chi connectivity index (χ4v) is 7.42. The Balaban J connectivity index is 1.44. The lowest BCUT2D eigenvalue weighted by Crippen LogP contribution is -2.57. The molecule has 0 heterocycles. The van der Waals surface area contributed by atoms with E-state index in [1.165, 1.54) is 4.90 Å². The van der Waals surface area contributed by atoms with Crippen molar-refractivity contribution in [3.8, 4) is 11.1 Å². The molecule has 62 heavy (non-hydrogen) atoms. The highest BCUT2D eigenvalue weighted by atomic mass is 35.5. The quantitative estimate of drug-likeness (QED) is 0.0487. The first-order valence-electron chi connectivity index (χ1n) is 20.2. The van der Waals surface area contributed by atoms with Crippen molar-refractivity contribution in [2.45, 2.75) is 82.4 Å². The number of anilines is 1. The molecule has 1 aliphatic carbocycles. The molecule has 4 rings (SSSR count). The van der Waals surface area contributed by atoms with Crippen LogP contribution in [0, 0.1) is 5.92 Å². The Kier molecular flexibility index (Phi) is 18.2. The van der Waals surface area contributed by atoms with Crippen molar-refractivity contribution in [1.29, 1.82) is 0 Å². The number of hydrogen-bond acceptors (Lipinski definition) is 8. The van der Waals surface area contributed by atoms with Gasteiger partial charge in [-0.15, -0.1) is 11.6 Å². The lowest BCUT2D eigenvalue weighted by atomic mass is 9.98. The smallest absolute Gasteiger partial charge is 0.409 e. The molecule has 1 aliphatic rings. The van der Waals surface area contributed by atoms with E-state index < -0.39 is 66.1 Å². The molecule has 3 aromatic rings. The molecule has 0 fully saturated rings. The number of carboxylic acid groups (broad SMARTS) is 2. The molecule has 18 nitrogen and oxygen atoms in total. The number of benzene rings is 3. The fourth-order valence-electron chi connectivity index (χ4n) is 7.16. The van der Waals surface area contributed by atoms with Crippen molar-refractivity contribution in [2.24, 2.45) is 11.7 Å². The van der Waals surface area contributed by atoms with Crippen LogP contribution >= 0.6 is 11.6 Å². The van der Waals surface area contributed by atoms with Gasteiger partial charge in [0.2, 0.25) is 17.7 Å². The first-order chi connectivity index (χ1) is 29.6. The van der Waals surface area contributed by atoms with Crippen molar-refractivity contribution in [1.82, 2.24) is 31.5 Å². The summed E-state index contributed by atoms with van der Waals surface area (Å²) in [4.78, 5) is 89.2. The summed E-state index contributed by atoms with van der Waals surface area (Å²) >= 11 is 6.29. The zero-order chi connectivity index (χ0) is 45.3. The topological polar surface area (TPSA) is 271 Å². The maximum atomic E-state index is 13.9. The van der Waals surface area contributed by atoms with E-state index in [0.717, 1.165) is 22.3 Å². The summed E-state index contributed by atoms with van der Waals surface area (Å²) in [5, 5.41) is 33.0. The molecule has 3 aromatic carbocycles. The van der Waals surface area contributed by atoms with E-state index in [1.807, 2.05) is 36.4 Å². The zero-order valence-corrected chi connectivity index (χ0v) is 35.6. The predicted molar refractivity (Wildman–Crippen MR) is 232 cm³/mol. The normalized spacial score (nSPS) is 13.0. The summed E-state index contributed by atoms with van der Waals surface area (Å²) < 4.78 is 5.83. The minimum atomic E-state index is -1.47. The lowest BCUT2D eigenvalue weighted by molar-refractivity contribution is -0.132. The monoisotopic (exact) mass is 878 g/mol. The molecule has 0 saturated heterocycles. The highest BCUT2D eigenvalue weighted by Gasteiger charge is 2.32. The molecule has 3 atom stereocenters. The highest BCUT2D eigenvalue weighted by Crippen LogP contribution is 2.44. The van der Waals surface area contributed by atoms with E-state index in [9.17, 15) is 38.7 Å². The van der Waals surface area contributed by atoms with Crippen LogP contribution in [0.3, 0.4) is 0 Å². The molecule has 0 radical (unpaired) electrons. The van der Waals surface area contributed by atoms with Gasteiger partial charge in [0.05, 0.1) is 0 Å². The van der Waals surface area contributed by atoms with Gasteiger partial charge in [-0.05, 0) is 83.5 Å². The van der Waals surface area contributed by atoms with Crippen LogP contribution in [0.15, 0.2) is 66.7 Å². The summed E-state index contributed by atoms with van der Waals surface area (Å²) in [6, 6.07) is 16.7. The van der Waals surface area contributed by atoms with Gasteiger partial charge in [-0.3, -0.25) is 14.4 Å². The number of nitrogens with zero attached hydrogens (tertiary/aromatic N) is 1. The number of fused-ring (bicyclic) bond motifs is 3. The summed E-state index contributed by atoms with van der Waals surface area (Å²) in [6.07, 6.45) is -2.32. The molecule has 0 aromatic heterocycles. The number of alkyl halides is 1. The molecule has 0 saturated carbocycles. The summed E-state index contributed by atoms with van der Waals surface area (Å²) in [7, 11) is 1.59. The van der Waals surface area contributed by atoms with Crippen LogP contribution in [-0.2, 0) is 31.5 Å². The molecule has 10 N–H and O–H groups in total. The Hall–Kier alpha value is -6.56. The average Bonchev–Trinajstić information content (AvgIpc) is 3.55. The largest absolute Gasteiger partial charge is 0.465 e. The molecule has 0 unspecified atom stereocenters. The van der Waals surface area contributed by atoms with Crippen molar-refractivity contribution in [3.05, 3.63) is 89.0 Å². The Bertz CT molecular complexity index is 2040. The molecule has 334 valence electrons. The average molecular weight is 879 g/mol.